The summed E-state index contributed by atoms with van der Waals surface area (Å²) in [6, 6.07) is 23.2. The maximum atomic E-state index is 14.0. The highest BCUT2D eigenvalue weighted by Crippen LogP contribution is 2.40. The second-order valence-electron chi connectivity index (χ2n) is 16.6. The summed E-state index contributed by atoms with van der Waals surface area (Å²) in [6.07, 6.45) is 9.51. The Morgan fingerprint density at radius 3 is 2.25 bits per heavy atom. The number of aliphatic imine (C=N–C) groups is 2. The topological polar surface area (TPSA) is 160 Å². The summed E-state index contributed by atoms with van der Waals surface area (Å²) in [4.78, 5) is 64.3. The number of anilines is 1. The van der Waals surface area contributed by atoms with Crippen LogP contribution < -0.4 is 24.8 Å². The quantitative estimate of drug-likeness (QED) is 0.0845. The smallest absolute Gasteiger partial charge is 0.260 e. The van der Waals surface area contributed by atoms with Crippen LogP contribution in [0.1, 0.15) is 88.4 Å². The first-order valence-corrected chi connectivity index (χ1v) is 22.5. The predicted molar refractivity (Wildman–Crippen MR) is 250 cm³/mol. The van der Waals surface area contributed by atoms with Gasteiger partial charge in [-0.25, -0.2) is 0 Å². The van der Waals surface area contributed by atoms with Crippen molar-refractivity contribution in [2.75, 3.05) is 51.9 Å². The predicted octanol–water partition coefficient (Wildman–Crippen LogP) is 7.80. The standard InChI is InChI=1S/C51H56N6O8/c1-4-49(59)53-18-22-63-21-16-41(58)11-7-17-52-38-14-12-34(13-15-38)37-25-40-30-55-45-28-48(47(62-3)26-43(45)51(61)57(40)32-37)65-20-8-19-64-46-27-44-42(23-33(46)2)50(60)56-31-36-10-6-5-9-35(36)24-39(56)29-54-44/h5-6,9-10,12-15,23,26-30,32,39-40,52H,4,7-8,11,16-22,24-25,31H2,1-3H3,(H,53,59)/t39-,40-/m0/s1. The van der Waals surface area contributed by atoms with E-state index in [0.29, 0.717) is 124 Å². The van der Waals surface area contributed by atoms with Gasteiger partial charge in [0, 0.05) is 88.2 Å². The van der Waals surface area contributed by atoms with Crippen LogP contribution in [-0.2, 0) is 27.3 Å². The maximum Gasteiger partial charge on any atom is 0.260 e. The maximum absolute atomic E-state index is 14.0. The highest BCUT2D eigenvalue weighted by Gasteiger charge is 2.35. The Morgan fingerprint density at radius 1 is 0.754 bits per heavy atom. The fourth-order valence-electron chi connectivity index (χ4n) is 8.45. The molecule has 4 aliphatic rings. The summed E-state index contributed by atoms with van der Waals surface area (Å²) in [7, 11) is 1.55. The second-order valence-corrected chi connectivity index (χ2v) is 16.6. The Hall–Kier alpha value is -6.80. The van der Waals surface area contributed by atoms with Crippen molar-refractivity contribution in [1.82, 2.24) is 15.1 Å². The van der Waals surface area contributed by atoms with Crippen molar-refractivity contribution >= 4 is 58.6 Å². The van der Waals surface area contributed by atoms with Gasteiger partial charge in [-0.2, -0.15) is 0 Å². The molecule has 2 N–H and O–H groups in total. The summed E-state index contributed by atoms with van der Waals surface area (Å²) in [5, 5.41) is 6.13. The molecule has 0 fully saturated rings. The molecule has 8 rings (SSSR count). The molecule has 4 heterocycles. The van der Waals surface area contributed by atoms with E-state index in [2.05, 4.69) is 22.8 Å². The van der Waals surface area contributed by atoms with E-state index in [0.717, 1.165) is 28.8 Å². The first-order chi connectivity index (χ1) is 31.7. The number of hydrogen-bond donors (Lipinski definition) is 2. The number of rotatable bonds is 20. The van der Waals surface area contributed by atoms with E-state index in [1.54, 1.807) is 31.1 Å². The van der Waals surface area contributed by atoms with Crippen molar-refractivity contribution < 1.29 is 38.1 Å². The molecule has 0 unspecified atom stereocenters. The van der Waals surface area contributed by atoms with E-state index < -0.39 is 0 Å². The number of carbonyl (C=O) groups is 4. The SMILES string of the molecule is CCC(=O)NCCOCCC(=O)CCCNc1ccc(C2=CN3C(=O)c4cc(OC)c(OCCCOc5cc6c(cc5C)C(=O)N5Cc7ccccc7C[C@H]5C=N6)cc4N=C[C@@H]3C2)cc1. The van der Waals surface area contributed by atoms with Crippen LogP contribution in [0.2, 0.25) is 0 Å². The molecule has 14 heteroatoms. The molecular formula is C51H56N6O8. The molecule has 3 amide bonds. The summed E-state index contributed by atoms with van der Waals surface area (Å²) in [5.74, 6) is 1.54. The number of fused-ring (bicyclic) bond motifs is 5. The van der Waals surface area contributed by atoms with Crippen LogP contribution in [0.25, 0.3) is 5.57 Å². The molecule has 4 aliphatic heterocycles. The number of hydrogen-bond acceptors (Lipinski definition) is 11. The Bertz CT molecular complexity index is 2520. The van der Waals surface area contributed by atoms with Crippen molar-refractivity contribution in [1.29, 1.82) is 0 Å². The van der Waals surface area contributed by atoms with Crippen LogP contribution in [-0.4, -0.2) is 104 Å². The molecule has 2 atom stereocenters. The molecule has 0 aromatic heterocycles. The third-order valence-electron chi connectivity index (χ3n) is 12.1. The summed E-state index contributed by atoms with van der Waals surface area (Å²) < 4.78 is 23.5. The van der Waals surface area contributed by atoms with Crippen molar-refractivity contribution in [3.63, 3.8) is 0 Å². The van der Waals surface area contributed by atoms with Gasteiger partial charge in [-0.05, 0) is 71.9 Å². The average Bonchev–Trinajstić information content (AvgIpc) is 3.66. The average molecular weight is 881 g/mol. The highest BCUT2D eigenvalue weighted by molar-refractivity contribution is 6.06. The number of carbonyl (C=O) groups excluding carboxylic acids is 4. The molecule has 0 aliphatic carbocycles. The molecular weight excluding hydrogens is 825 g/mol. The molecule has 0 saturated carbocycles. The van der Waals surface area contributed by atoms with Crippen LogP contribution in [0.4, 0.5) is 17.1 Å². The molecule has 14 nitrogen and oxygen atoms in total. The van der Waals surface area contributed by atoms with Crippen molar-refractivity contribution in [2.45, 2.75) is 77.4 Å². The van der Waals surface area contributed by atoms with E-state index in [-0.39, 0.29) is 35.6 Å². The largest absolute Gasteiger partial charge is 0.493 e. The summed E-state index contributed by atoms with van der Waals surface area (Å²) >= 11 is 0. The van der Waals surface area contributed by atoms with Crippen LogP contribution in [0.15, 0.2) is 89.0 Å². The fraction of sp³-hybridized carbons (Fsp3) is 0.373. The van der Waals surface area contributed by atoms with Crippen molar-refractivity contribution in [3.8, 4) is 17.2 Å². The molecule has 338 valence electrons. The monoisotopic (exact) mass is 880 g/mol. The fourth-order valence-corrected chi connectivity index (χ4v) is 8.45. The lowest BCUT2D eigenvalue weighted by Gasteiger charge is -2.34. The minimum absolute atomic E-state index is 0.0131. The zero-order valence-electron chi connectivity index (χ0n) is 37.3. The normalized spacial score (nSPS) is 16.9. The molecule has 0 radical (unpaired) electrons. The zero-order valence-corrected chi connectivity index (χ0v) is 37.3. The van der Waals surface area contributed by atoms with Gasteiger partial charge in [0.1, 0.15) is 11.5 Å². The van der Waals surface area contributed by atoms with Crippen LogP contribution in [0, 0.1) is 6.92 Å². The number of aryl methyl sites for hydroxylation is 1. The Morgan fingerprint density at radius 2 is 1.48 bits per heavy atom. The Labute approximate surface area is 379 Å². The zero-order chi connectivity index (χ0) is 45.3. The van der Waals surface area contributed by atoms with Crippen LogP contribution in [0.3, 0.4) is 0 Å². The van der Waals surface area contributed by atoms with E-state index in [4.69, 9.17) is 28.9 Å². The van der Waals surface area contributed by atoms with Gasteiger partial charge >= 0.3 is 0 Å². The molecule has 4 aromatic rings. The molecule has 65 heavy (non-hydrogen) atoms. The van der Waals surface area contributed by atoms with E-state index in [9.17, 15) is 19.2 Å². The molecule has 0 bridgehead atoms. The molecule has 0 saturated heterocycles. The number of nitrogens with zero attached hydrogens (tertiary/aromatic N) is 4. The van der Waals surface area contributed by atoms with E-state index in [1.165, 1.54) is 11.1 Å². The first kappa shape index (κ1) is 44.8. The number of ether oxygens (including phenoxy) is 4. The lowest BCUT2D eigenvalue weighted by atomic mass is 9.94. The van der Waals surface area contributed by atoms with Crippen LogP contribution >= 0.6 is 0 Å². The highest BCUT2D eigenvalue weighted by atomic mass is 16.5. The number of benzene rings is 4. The lowest BCUT2D eigenvalue weighted by molar-refractivity contribution is -0.122. The number of Topliss-reactive ketones (excluding diaryl/α,β-unsaturated/α-hetero) is 1. The minimum atomic E-state index is -0.237. The van der Waals surface area contributed by atoms with Gasteiger partial charge < -0.3 is 39.4 Å². The third-order valence-corrected chi connectivity index (χ3v) is 12.1. The van der Waals surface area contributed by atoms with Gasteiger partial charge in [0.25, 0.3) is 11.8 Å². The minimum Gasteiger partial charge on any atom is -0.493 e. The number of amides is 3. The molecule has 0 spiro atoms. The van der Waals surface area contributed by atoms with Crippen molar-refractivity contribution in [2.24, 2.45) is 9.98 Å². The molecule has 4 aromatic carbocycles. The van der Waals surface area contributed by atoms with Gasteiger partial charge in [0.05, 0.1) is 68.1 Å². The Kier molecular flexibility index (Phi) is 14.3. The van der Waals surface area contributed by atoms with Crippen molar-refractivity contribution in [3.05, 3.63) is 112 Å². The van der Waals surface area contributed by atoms with Gasteiger partial charge in [0.15, 0.2) is 11.5 Å². The van der Waals surface area contributed by atoms with E-state index in [1.807, 2.05) is 79.0 Å². The second kappa shape index (κ2) is 20.8. The third kappa shape index (κ3) is 10.6. The Balaban J connectivity index is 0.799. The van der Waals surface area contributed by atoms with E-state index >= 15 is 0 Å². The lowest BCUT2D eigenvalue weighted by Crippen LogP contribution is -2.44. The summed E-state index contributed by atoms with van der Waals surface area (Å²) in [5.41, 5.74) is 8.41. The summed E-state index contributed by atoms with van der Waals surface area (Å²) in [6.45, 7) is 6.87. The van der Waals surface area contributed by atoms with Gasteiger partial charge in [-0.15, -0.1) is 0 Å². The number of nitrogens with one attached hydrogen (secondary N) is 2. The van der Waals surface area contributed by atoms with Crippen LogP contribution in [0.5, 0.6) is 17.2 Å². The number of methoxy groups -OCH3 is 1. The van der Waals surface area contributed by atoms with Gasteiger partial charge in [-0.1, -0.05) is 43.3 Å². The van der Waals surface area contributed by atoms with Gasteiger partial charge in [-0.3, -0.25) is 29.2 Å². The van der Waals surface area contributed by atoms with Gasteiger partial charge in [0.2, 0.25) is 5.91 Å². The number of ketones is 1. The first-order valence-electron chi connectivity index (χ1n) is 22.5.